The highest BCUT2D eigenvalue weighted by Gasteiger charge is 2.08. The van der Waals surface area contributed by atoms with E-state index < -0.39 is 0 Å². The SMILES string of the molecule is CCSc1ccc(CN(C)C(=O)CCNC)cc1. The maximum absolute atomic E-state index is 11.8. The third-order valence-corrected chi connectivity index (χ3v) is 3.56. The Labute approximate surface area is 114 Å². The van der Waals surface area contributed by atoms with Crippen molar-refractivity contribution >= 4 is 17.7 Å². The number of nitrogens with zero attached hydrogens (tertiary/aromatic N) is 1. The van der Waals surface area contributed by atoms with Gasteiger partial charge in [0.15, 0.2) is 0 Å². The predicted molar refractivity (Wildman–Crippen MR) is 77.9 cm³/mol. The van der Waals surface area contributed by atoms with Gasteiger partial charge in [-0.2, -0.15) is 0 Å². The minimum atomic E-state index is 0.177. The molecule has 0 heterocycles. The van der Waals surface area contributed by atoms with Gasteiger partial charge in [0.1, 0.15) is 0 Å². The van der Waals surface area contributed by atoms with Gasteiger partial charge >= 0.3 is 0 Å². The molecule has 100 valence electrons. The number of rotatable bonds is 7. The molecule has 1 aromatic carbocycles. The van der Waals surface area contributed by atoms with Crippen LogP contribution in [0.3, 0.4) is 0 Å². The molecule has 0 bridgehead atoms. The van der Waals surface area contributed by atoms with Crippen LogP contribution in [0.5, 0.6) is 0 Å². The number of carbonyl (C=O) groups is 1. The number of benzene rings is 1. The Morgan fingerprint density at radius 1 is 1.33 bits per heavy atom. The van der Waals surface area contributed by atoms with Crippen LogP contribution in [0.15, 0.2) is 29.2 Å². The molecule has 1 rings (SSSR count). The van der Waals surface area contributed by atoms with E-state index in [2.05, 4.69) is 36.5 Å². The number of hydrogen-bond acceptors (Lipinski definition) is 3. The average Bonchev–Trinajstić information content (AvgIpc) is 2.38. The summed E-state index contributed by atoms with van der Waals surface area (Å²) in [5, 5.41) is 2.99. The molecule has 0 radical (unpaired) electrons. The molecule has 0 fully saturated rings. The summed E-state index contributed by atoms with van der Waals surface area (Å²) < 4.78 is 0. The number of nitrogens with one attached hydrogen (secondary N) is 1. The number of thioether (sulfide) groups is 1. The van der Waals surface area contributed by atoms with Gasteiger partial charge in [-0.25, -0.2) is 0 Å². The van der Waals surface area contributed by atoms with E-state index in [1.807, 2.05) is 25.9 Å². The van der Waals surface area contributed by atoms with Gasteiger partial charge < -0.3 is 10.2 Å². The van der Waals surface area contributed by atoms with Crippen molar-refractivity contribution in [3.63, 3.8) is 0 Å². The lowest BCUT2D eigenvalue weighted by Crippen LogP contribution is -2.28. The lowest BCUT2D eigenvalue weighted by molar-refractivity contribution is -0.130. The first-order valence-corrected chi connectivity index (χ1v) is 7.26. The van der Waals surface area contributed by atoms with E-state index in [0.29, 0.717) is 13.0 Å². The second-order valence-corrected chi connectivity index (χ2v) is 5.52. The summed E-state index contributed by atoms with van der Waals surface area (Å²) in [4.78, 5) is 14.8. The van der Waals surface area contributed by atoms with Crippen molar-refractivity contribution in [3.8, 4) is 0 Å². The summed E-state index contributed by atoms with van der Waals surface area (Å²) in [5.74, 6) is 1.26. The van der Waals surface area contributed by atoms with Crippen LogP contribution >= 0.6 is 11.8 Å². The van der Waals surface area contributed by atoms with Gasteiger partial charge in [0.2, 0.25) is 5.91 Å². The first-order valence-electron chi connectivity index (χ1n) is 6.27. The second kappa shape index (κ2) is 8.16. The van der Waals surface area contributed by atoms with Gasteiger partial charge in [0.05, 0.1) is 0 Å². The maximum Gasteiger partial charge on any atom is 0.223 e. The van der Waals surface area contributed by atoms with Crippen LogP contribution in [0.1, 0.15) is 18.9 Å². The fourth-order valence-corrected chi connectivity index (χ4v) is 2.30. The first kappa shape index (κ1) is 15.1. The van der Waals surface area contributed by atoms with Gasteiger partial charge in [0.25, 0.3) is 0 Å². The molecule has 0 aliphatic heterocycles. The summed E-state index contributed by atoms with van der Waals surface area (Å²) in [5.41, 5.74) is 1.18. The second-order valence-electron chi connectivity index (χ2n) is 4.18. The summed E-state index contributed by atoms with van der Waals surface area (Å²) in [6.07, 6.45) is 0.552. The van der Waals surface area contributed by atoms with Gasteiger partial charge in [0, 0.05) is 31.5 Å². The van der Waals surface area contributed by atoms with Crippen LogP contribution < -0.4 is 5.32 Å². The quantitative estimate of drug-likeness (QED) is 0.769. The van der Waals surface area contributed by atoms with E-state index in [9.17, 15) is 4.79 Å². The molecule has 0 aliphatic carbocycles. The Bertz CT molecular complexity index is 365. The van der Waals surface area contributed by atoms with E-state index >= 15 is 0 Å². The molecular formula is C14H22N2OS. The Hall–Kier alpha value is -1.00. The smallest absolute Gasteiger partial charge is 0.223 e. The normalized spacial score (nSPS) is 10.4. The topological polar surface area (TPSA) is 32.3 Å². The molecule has 18 heavy (non-hydrogen) atoms. The van der Waals surface area contributed by atoms with E-state index in [4.69, 9.17) is 0 Å². The zero-order valence-electron chi connectivity index (χ0n) is 11.4. The van der Waals surface area contributed by atoms with Gasteiger partial charge in [-0.1, -0.05) is 19.1 Å². The molecule has 0 atom stereocenters. The molecule has 1 amide bonds. The molecule has 0 unspecified atom stereocenters. The number of amides is 1. The Balaban J connectivity index is 2.48. The third kappa shape index (κ3) is 5.10. The Morgan fingerprint density at radius 3 is 2.56 bits per heavy atom. The molecule has 1 aromatic rings. The molecule has 0 spiro atoms. The van der Waals surface area contributed by atoms with Crippen molar-refractivity contribution in [2.75, 3.05) is 26.4 Å². The highest BCUT2D eigenvalue weighted by molar-refractivity contribution is 7.99. The molecule has 3 nitrogen and oxygen atoms in total. The minimum Gasteiger partial charge on any atom is -0.341 e. The van der Waals surface area contributed by atoms with Crippen LogP contribution in [0.4, 0.5) is 0 Å². The molecule has 0 saturated heterocycles. The van der Waals surface area contributed by atoms with Crippen molar-refractivity contribution in [3.05, 3.63) is 29.8 Å². The monoisotopic (exact) mass is 266 g/mol. The fraction of sp³-hybridized carbons (Fsp3) is 0.500. The molecule has 4 heteroatoms. The third-order valence-electron chi connectivity index (χ3n) is 2.67. The van der Waals surface area contributed by atoms with Gasteiger partial charge in [-0.05, 0) is 30.5 Å². The van der Waals surface area contributed by atoms with Crippen molar-refractivity contribution in [2.24, 2.45) is 0 Å². The van der Waals surface area contributed by atoms with Crippen LogP contribution in [-0.2, 0) is 11.3 Å². The minimum absolute atomic E-state index is 0.177. The molecule has 1 N–H and O–H groups in total. The van der Waals surface area contributed by atoms with E-state index in [-0.39, 0.29) is 5.91 Å². The van der Waals surface area contributed by atoms with E-state index in [0.717, 1.165) is 12.3 Å². The fourth-order valence-electron chi connectivity index (χ4n) is 1.64. The summed E-state index contributed by atoms with van der Waals surface area (Å²) in [7, 11) is 3.71. The number of hydrogen-bond donors (Lipinski definition) is 1. The largest absolute Gasteiger partial charge is 0.341 e. The predicted octanol–water partition coefficient (Wildman–Crippen LogP) is 2.37. The van der Waals surface area contributed by atoms with Gasteiger partial charge in [-0.15, -0.1) is 11.8 Å². The van der Waals surface area contributed by atoms with Crippen LogP contribution in [-0.4, -0.2) is 37.2 Å². The maximum atomic E-state index is 11.8. The zero-order chi connectivity index (χ0) is 13.4. The summed E-state index contributed by atoms with van der Waals surface area (Å²) >= 11 is 1.83. The lowest BCUT2D eigenvalue weighted by Gasteiger charge is -2.17. The highest BCUT2D eigenvalue weighted by Crippen LogP contribution is 2.18. The standard InChI is InChI=1S/C14H22N2OS/c1-4-18-13-7-5-12(6-8-13)11-16(3)14(17)9-10-15-2/h5-8,15H,4,9-11H2,1-3H3. The van der Waals surface area contributed by atoms with E-state index in [1.165, 1.54) is 10.5 Å². The van der Waals surface area contributed by atoms with Crippen molar-refractivity contribution in [1.29, 1.82) is 0 Å². The zero-order valence-corrected chi connectivity index (χ0v) is 12.2. The van der Waals surface area contributed by atoms with Crippen molar-refractivity contribution in [2.45, 2.75) is 24.8 Å². The van der Waals surface area contributed by atoms with E-state index in [1.54, 1.807) is 4.90 Å². The summed E-state index contributed by atoms with van der Waals surface area (Å²) in [6.45, 7) is 3.56. The molecule has 0 aromatic heterocycles. The first-order chi connectivity index (χ1) is 8.67. The van der Waals surface area contributed by atoms with Crippen LogP contribution in [0.25, 0.3) is 0 Å². The Morgan fingerprint density at radius 2 is 2.00 bits per heavy atom. The van der Waals surface area contributed by atoms with Crippen LogP contribution in [0.2, 0.25) is 0 Å². The summed E-state index contributed by atoms with van der Waals surface area (Å²) in [6, 6.07) is 8.44. The Kier molecular flexibility index (Phi) is 6.83. The molecule has 0 saturated carbocycles. The highest BCUT2D eigenvalue weighted by atomic mass is 32.2. The van der Waals surface area contributed by atoms with Crippen molar-refractivity contribution in [1.82, 2.24) is 10.2 Å². The van der Waals surface area contributed by atoms with Crippen molar-refractivity contribution < 1.29 is 4.79 Å². The molecular weight excluding hydrogens is 244 g/mol. The van der Waals surface area contributed by atoms with Crippen LogP contribution in [0, 0.1) is 0 Å². The lowest BCUT2D eigenvalue weighted by atomic mass is 10.2. The number of carbonyl (C=O) groups excluding carboxylic acids is 1. The van der Waals surface area contributed by atoms with Gasteiger partial charge in [-0.3, -0.25) is 4.79 Å². The molecule has 0 aliphatic rings. The average molecular weight is 266 g/mol.